The van der Waals surface area contributed by atoms with Crippen molar-refractivity contribution in [1.82, 2.24) is 31.9 Å². The molecule has 0 aromatic heterocycles. The molecule has 1 fully saturated rings. The van der Waals surface area contributed by atoms with E-state index in [0.29, 0.717) is 11.1 Å². The van der Waals surface area contributed by atoms with Crippen LogP contribution in [-0.4, -0.2) is 107 Å². The van der Waals surface area contributed by atoms with E-state index in [2.05, 4.69) is 31.9 Å². The van der Waals surface area contributed by atoms with Gasteiger partial charge in [0.2, 0.25) is 35.4 Å². The molecule has 3 rings (SSSR count). The van der Waals surface area contributed by atoms with Crippen LogP contribution in [0.4, 0.5) is 0 Å². The maximum atomic E-state index is 13.9. The van der Waals surface area contributed by atoms with Crippen LogP contribution in [0.1, 0.15) is 24.5 Å². The van der Waals surface area contributed by atoms with Gasteiger partial charge in [-0.1, -0.05) is 67.6 Å². The van der Waals surface area contributed by atoms with Crippen LogP contribution in [0, 0.1) is 5.92 Å². The van der Waals surface area contributed by atoms with Gasteiger partial charge in [0.25, 0.3) is 0 Å². The third-order valence-corrected chi connectivity index (χ3v) is 7.64. The summed E-state index contributed by atoms with van der Waals surface area (Å²) in [4.78, 5) is 79.6. The number of benzene rings is 2. The lowest BCUT2D eigenvalue weighted by Gasteiger charge is -2.29. The topological polar surface area (TPSA) is 235 Å². The van der Waals surface area contributed by atoms with E-state index in [0.717, 1.165) is 0 Å². The monoisotopic (exact) mass is 654 g/mol. The Kier molecular flexibility index (Phi) is 14.3. The summed E-state index contributed by atoms with van der Waals surface area (Å²) in [5, 5.41) is 44.0. The molecule has 6 amide bonds. The van der Waals surface area contributed by atoms with Crippen molar-refractivity contribution >= 4 is 35.4 Å². The van der Waals surface area contributed by atoms with Gasteiger partial charge in [-0.3, -0.25) is 28.8 Å². The molecule has 0 bridgehead atoms. The van der Waals surface area contributed by atoms with Crippen molar-refractivity contribution in [3.05, 3.63) is 71.8 Å². The molecule has 0 unspecified atom stereocenters. The van der Waals surface area contributed by atoms with Gasteiger partial charge in [-0.2, -0.15) is 0 Å². The summed E-state index contributed by atoms with van der Waals surface area (Å²) in [7, 11) is 0. The largest absolute Gasteiger partial charge is 0.396 e. The summed E-state index contributed by atoms with van der Waals surface area (Å²) >= 11 is 0. The van der Waals surface area contributed by atoms with E-state index in [1.54, 1.807) is 67.6 Å². The predicted molar refractivity (Wildman–Crippen MR) is 168 cm³/mol. The molecule has 1 aliphatic rings. The van der Waals surface area contributed by atoms with E-state index in [-0.39, 0.29) is 25.9 Å². The summed E-state index contributed by atoms with van der Waals surface area (Å²) in [6.45, 7) is -1.10. The Morgan fingerprint density at radius 2 is 1.04 bits per heavy atom. The van der Waals surface area contributed by atoms with E-state index >= 15 is 0 Å². The first-order valence-corrected chi connectivity index (χ1v) is 15.2. The maximum Gasteiger partial charge on any atom is 0.245 e. The second-order valence-corrected chi connectivity index (χ2v) is 11.2. The summed E-state index contributed by atoms with van der Waals surface area (Å²) in [6, 6.07) is 10.6. The molecule has 254 valence electrons. The first-order valence-electron chi connectivity index (χ1n) is 15.2. The molecular weight excluding hydrogens is 612 g/mol. The lowest BCUT2D eigenvalue weighted by molar-refractivity contribution is -0.137. The number of aliphatic hydroxyl groups excluding tert-OH is 3. The second-order valence-electron chi connectivity index (χ2n) is 11.2. The predicted octanol–water partition coefficient (Wildman–Crippen LogP) is -2.97. The summed E-state index contributed by atoms with van der Waals surface area (Å²) in [5.41, 5.74) is 1.34. The van der Waals surface area contributed by atoms with Crippen molar-refractivity contribution in [3.63, 3.8) is 0 Å². The Bertz CT molecular complexity index is 1380. The maximum absolute atomic E-state index is 13.9. The van der Waals surface area contributed by atoms with Gasteiger partial charge in [0.1, 0.15) is 30.2 Å². The molecule has 0 radical (unpaired) electrons. The minimum absolute atomic E-state index is 0.00979. The third-order valence-electron chi connectivity index (χ3n) is 7.64. The van der Waals surface area contributed by atoms with Crippen LogP contribution in [0.25, 0.3) is 0 Å². The number of carbonyl (C=O) groups excluding carboxylic acids is 6. The van der Waals surface area contributed by atoms with Crippen molar-refractivity contribution in [2.24, 2.45) is 5.92 Å². The Balaban J connectivity index is 2.04. The molecule has 1 heterocycles. The van der Waals surface area contributed by atoms with Gasteiger partial charge in [-0.25, -0.2) is 0 Å². The van der Waals surface area contributed by atoms with Crippen molar-refractivity contribution in [2.45, 2.75) is 56.4 Å². The van der Waals surface area contributed by atoms with Crippen molar-refractivity contribution in [3.8, 4) is 0 Å². The molecule has 15 heteroatoms. The molecule has 6 atom stereocenters. The Hall–Kier alpha value is -4.86. The van der Waals surface area contributed by atoms with E-state index in [4.69, 9.17) is 0 Å². The van der Waals surface area contributed by atoms with E-state index < -0.39 is 91.3 Å². The lowest BCUT2D eigenvalue weighted by atomic mass is 9.96. The van der Waals surface area contributed by atoms with Crippen LogP contribution in [0.15, 0.2) is 60.7 Å². The Morgan fingerprint density at radius 3 is 1.53 bits per heavy atom. The van der Waals surface area contributed by atoms with Crippen LogP contribution in [0.5, 0.6) is 0 Å². The normalized spacial score (nSPS) is 24.3. The van der Waals surface area contributed by atoms with Crippen molar-refractivity contribution < 1.29 is 44.1 Å². The van der Waals surface area contributed by atoms with Crippen LogP contribution >= 0.6 is 0 Å². The molecule has 0 saturated carbocycles. The lowest BCUT2D eigenvalue weighted by Crippen LogP contribution is -2.62. The standard InChI is InChI=1S/C32H42N6O9/c1-19(12-13-39)27-32(47)36-23(15-21-10-6-3-7-11-21)29(44)35-22(14-20-8-4-2-5-9-20)30(45)37-24(17-40)28(43)33-16-26(42)34-25(18-41)31(46)38-27/h2-11,19,22-25,27,39-41H,12-18H2,1H3,(H,33,43)(H,34,42)(H,35,44)(H,36,47)(H,37,45)(H,38,46)/t19-,22+,23-,24-,25+,27+/m1/s1. The van der Waals surface area contributed by atoms with Gasteiger partial charge < -0.3 is 47.2 Å². The number of hydrogen-bond donors (Lipinski definition) is 9. The van der Waals surface area contributed by atoms with Crippen LogP contribution in [-0.2, 0) is 41.6 Å². The zero-order valence-corrected chi connectivity index (χ0v) is 26.0. The number of nitrogens with one attached hydrogen (secondary N) is 6. The fourth-order valence-electron chi connectivity index (χ4n) is 4.94. The zero-order valence-electron chi connectivity index (χ0n) is 26.0. The average molecular weight is 655 g/mol. The number of amides is 6. The number of rotatable bonds is 9. The minimum atomic E-state index is -1.52. The quantitative estimate of drug-likeness (QED) is 0.134. The highest BCUT2D eigenvalue weighted by Crippen LogP contribution is 2.12. The molecule has 2 aromatic carbocycles. The first kappa shape index (κ1) is 36.6. The molecule has 0 spiro atoms. The molecule has 9 N–H and O–H groups in total. The number of hydrogen-bond acceptors (Lipinski definition) is 9. The van der Waals surface area contributed by atoms with Gasteiger partial charge in [-0.15, -0.1) is 0 Å². The highest BCUT2D eigenvalue weighted by molar-refractivity contribution is 5.97. The van der Waals surface area contributed by atoms with Gasteiger partial charge in [-0.05, 0) is 23.5 Å². The highest BCUT2D eigenvalue weighted by atomic mass is 16.3. The van der Waals surface area contributed by atoms with Gasteiger partial charge in [0.15, 0.2) is 0 Å². The molecule has 1 saturated heterocycles. The van der Waals surface area contributed by atoms with Crippen LogP contribution in [0.2, 0.25) is 0 Å². The molecule has 2 aromatic rings. The zero-order chi connectivity index (χ0) is 34.3. The first-order chi connectivity index (χ1) is 22.6. The Morgan fingerprint density at radius 1 is 0.596 bits per heavy atom. The van der Waals surface area contributed by atoms with Gasteiger partial charge >= 0.3 is 0 Å². The fourth-order valence-corrected chi connectivity index (χ4v) is 4.94. The van der Waals surface area contributed by atoms with Gasteiger partial charge in [0, 0.05) is 19.4 Å². The highest BCUT2D eigenvalue weighted by Gasteiger charge is 2.35. The van der Waals surface area contributed by atoms with Gasteiger partial charge in [0.05, 0.1) is 19.8 Å². The minimum Gasteiger partial charge on any atom is -0.396 e. The summed E-state index contributed by atoms with van der Waals surface area (Å²) in [5.74, 6) is -5.71. The summed E-state index contributed by atoms with van der Waals surface area (Å²) in [6.07, 6.45) is 0.0624. The molecular formula is C32H42N6O9. The van der Waals surface area contributed by atoms with Crippen LogP contribution < -0.4 is 31.9 Å². The Labute approximate surface area is 271 Å². The fraction of sp³-hybridized carbons (Fsp3) is 0.438. The van der Waals surface area contributed by atoms with Crippen LogP contribution in [0.3, 0.4) is 0 Å². The molecule has 0 aliphatic carbocycles. The SMILES string of the molecule is C[C@H](CCO)[C@@H]1NC(=O)[C@H](CO)NC(=O)CNC(=O)[C@@H](CO)NC(=O)[C@H](Cc2ccccc2)NC(=O)[C@@H](Cc2ccccc2)NC1=O. The number of carbonyl (C=O) groups is 6. The molecule has 1 aliphatic heterocycles. The van der Waals surface area contributed by atoms with Crippen molar-refractivity contribution in [1.29, 1.82) is 0 Å². The molecule has 15 nitrogen and oxygen atoms in total. The third kappa shape index (κ3) is 11.2. The summed E-state index contributed by atoms with van der Waals surface area (Å²) < 4.78 is 0. The molecule has 47 heavy (non-hydrogen) atoms. The van der Waals surface area contributed by atoms with E-state index in [1.807, 2.05) is 0 Å². The van der Waals surface area contributed by atoms with E-state index in [1.165, 1.54) is 0 Å². The second kappa shape index (κ2) is 18.3. The average Bonchev–Trinajstić information content (AvgIpc) is 3.07. The number of aliphatic hydroxyl groups is 3. The smallest absolute Gasteiger partial charge is 0.245 e. The van der Waals surface area contributed by atoms with E-state index in [9.17, 15) is 44.1 Å². The van der Waals surface area contributed by atoms with Crippen molar-refractivity contribution in [2.75, 3.05) is 26.4 Å².